The van der Waals surface area contributed by atoms with Crippen LogP contribution in [0.1, 0.15) is 16.1 Å². The number of aryl methyl sites for hydroxylation is 2. The number of anilines is 1. The van der Waals surface area contributed by atoms with Crippen LogP contribution in [0.5, 0.6) is 0 Å². The van der Waals surface area contributed by atoms with Crippen molar-refractivity contribution in [2.24, 2.45) is 0 Å². The van der Waals surface area contributed by atoms with Crippen LogP contribution < -0.4 is 10.6 Å². The molecule has 0 unspecified atom stereocenters. The van der Waals surface area contributed by atoms with E-state index in [2.05, 4.69) is 15.6 Å². The molecule has 1 aromatic heterocycles. The molecule has 104 valence electrons. The maximum Gasteiger partial charge on any atom is 0.325 e. The summed E-state index contributed by atoms with van der Waals surface area (Å²) in [4.78, 5) is 16.9. The van der Waals surface area contributed by atoms with Gasteiger partial charge in [0.05, 0.1) is 5.69 Å². The summed E-state index contributed by atoms with van der Waals surface area (Å²) in [6.45, 7) is 3.82. The number of urea groups is 1. The van der Waals surface area contributed by atoms with E-state index in [1.54, 1.807) is 18.2 Å². The van der Waals surface area contributed by atoms with E-state index in [0.29, 0.717) is 10.7 Å². The molecule has 0 radical (unpaired) electrons. The summed E-state index contributed by atoms with van der Waals surface area (Å²) in [5.41, 5.74) is 1.31. The number of nitrogens with zero attached hydrogens (tertiary/aromatic N) is 1. The fourth-order valence-electron chi connectivity index (χ4n) is 1.48. The maximum atomic E-state index is 13.3. The first kappa shape index (κ1) is 14.2. The Morgan fingerprint density at radius 3 is 2.75 bits per heavy atom. The van der Waals surface area contributed by atoms with E-state index in [4.69, 9.17) is 0 Å². The number of rotatable bonds is 3. The van der Waals surface area contributed by atoms with Gasteiger partial charge >= 0.3 is 6.03 Å². The standard InChI is InChI=1S/C14H14FN3OS/c1-9-10(2)20-14(17-9)18-13(19)16-8-7-11-5-3-4-6-12(11)15/h3-8H,1-2H3,(H2,16,17,18,19)/b8-7+. The summed E-state index contributed by atoms with van der Waals surface area (Å²) in [7, 11) is 0. The zero-order chi connectivity index (χ0) is 14.5. The third kappa shape index (κ3) is 3.64. The molecular formula is C14H14FN3OS. The van der Waals surface area contributed by atoms with Crippen molar-refractivity contribution in [3.8, 4) is 0 Å². The molecule has 0 saturated heterocycles. The fourth-order valence-corrected chi connectivity index (χ4v) is 2.29. The highest BCUT2D eigenvalue weighted by molar-refractivity contribution is 7.15. The van der Waals surface area contributed by atoms with E-state index in [0.717, 1.165) is 10.6 Å². The quantitative estimate of drug-likeness (QED) is 0.906. The molecule has 2 amide bonds. The van der Waals surface area contributed by atoms with Gasteiger partial charge in [0.2, 0.25) is 0 Å². The molecule has 0 aliphatic rings. The highest BCUT2D eigenvalue weighted by Crippen LogP contribution is 2.20. The smallest absolute Gasteiger partial charge is 0.314 e. The Labute approximate surface area is 120 Å². The predicted octanol–water partition coefficient (Wildman–Crippen LogP) is 3.69. The number of benzene rings is 1. The SMILES string of the molecule is Cc1nc(NC(=O)N/C=C/c2ccccc2F)sc1C. The molecule has 0 aliphatic heterocycles. The summed E-state index contributed by atoms with van der Waals surface area (Å²) in [6, 6.07) is 5.91. The lowest BCUT2D eigenvalue weighted by Crippen LogP contribution is -2.23. The van der Waals surface area contributed by atoms with Crippen LogP contribution in [0.2, 0.25) is 0 Å². The molecule has 1 heterocycles. The molecule has 0 saturated carbocycles. The van der Waals surface area contributed by atoms with Gasteiger partial charge in [-0.15, -0.1) is 11.3 Å². The minimum atomic E-state index is -0.411. The van der Waals surface area contributed by atoms with E-state index in [-0.39, 0.29) is 5.82 Å². The molecule has 0 fully saturated rings. The molecule has 4 nitrogen and oxygen atoms in total. The number of hydrogen-bond donors (Lipinski definition) is 2. The Bertz CT molecular complexity index is 632. The van der Waals surface area contributed by atoms with Gasteiger partial charge in [-0.05, 0) is 26.0 Å². The molecule has 0 atom stereocenters. The number of carbonyl (C=O) groups is 1. The van der Waals surface area contributed by atoms with Crippen LogP contribution in [0.25, 0.3) is 6.08 Å². The Hall–Kier alpha value is -2.21. The summed E-state index contributed by atoms with van der Waals surface area (Å²) >= 11 is 1.41. The zero-order valence-electron chi connectivity index (χ0n) is 11.1. The van der Waals surface area contributed by atoms with Gasteiger partial charge in [-0.25, -0.2) is 14.2 Å². The van der Waals surface area contributed by atoms with Gasteiger partial charge in [0.1, 0.15) is 5.82 Å². The predicted molar refractivity (Wildman–Crippen MR) is 79.2 cm³/mol. The van der Waals surface area contributed by atoms with Crippen molar-refractivity contribution in [1.29, 1.82) is 0 Å². The van der Waals surface area contributed by atoms with Crippen LogP contribution in [0.4, 0.5) is 14.3 Å². The van der Waals surface area contributed by atoms with E-state index in [1.165, 1.54) is 29.7 Å². The Morgan fingerprint density at radius 1 is 1.35 bits per heavy atom. The van der Waals surface area contributed by atoms with E-state index in [1.807, 2.05) is 13.8 Å². The summed E-state index contributed by atoms with van der Waals surface area (Å²) in [6.07, 6.45) is 2.88. The lowest BCUT2D eigenvalue weighted by molar-refractivity contribution is 0.255. The number of nitrogens with one attached hydrogen (secondary N) is 2. The first-order chi connectivity index (χ1) is 9.56. The monoisotopic (exact) mass is 291 g/mol. The highest BCUT2D eigenvalue weighted by Gasteiger charge is 2.06. The normalized spacial score (nSPS) is 10.8. The topological polar surface area (TPSA) is 54.0 Å². The van der Waals surface area contributed by atoms with Gasteiger partial charge in [-0.2, -0.15) is 0 Å². The van der Waals surface area contributed by atoms with Crippen LogP contribution >= 0.6 is 11.3 Å². The van der Waals surface area contributed by atoms with Crippen LogP contribution in [0.3, 0.4) is 0 Å². The number of hydrogen-bond acceptors (Lipinski definition) is 3. The van der Waals surface area contributed by atoms with Crippen LogP contribution in [-0.2, 0) is 0 Å². The van der Waals surface area contributed by atoms with Gasteiger partial charge < -0.3 is 5.32 Å². The first-order valence-electron chi connectivity index (χ1n) is 5.99. The van der Waals surface area contributed by atoms with Crippen molar-refractivity contribution < 1.29 is 9.18 Å². The second-order valence-corrected chi connectivity index (χ2v) is 5.32. The van der Waals surface area contributed by atoms with Gasteiger partial charge in [0.15, 0.2) is 5.13 Å². The van der Waals surface area contributed by atoms with Crippen LogP contribution in [-0.4, -0.2) is 11.0 Å². The Morgan fingerprint density at radius 2 is 2.10 bits per heavy atom. The largest absolute Gasteiger partial charge is 0.325 e. The number of carbonyl (C=O) groups excluding carboxylic acids is 1. The average Bonchev–Trinajstić information content (AvgIpc) is 2.70. The van der Waals surface area contributed by atoms with Gasteiger partial charge in [0.25, 0.3) is 0 Å². The van der Waals surface area contributed by atoms with Crippen molar-refractivity contribution in [1.82, 2.24) is 10.3 Å². The minimum absolute atomic E-state index is 0.336. The third-order valence-electron chi connectivity index (χ3n) is 2.63. The van der Waals surface area contributed by atoms with Gasteiger partial charge in [0, 0.05) is 16.6 Å². The van der Waals surface area contributed by atoms with E-state index in [9.17, 15) is 9.18 Å². The molecule has 0 spiro atoms. The van der Waals surface area contributed by atoms with Crippen molar-refractivity contribution >= 4 is 28.6 Å². The second kappa shape index (κ2) is 6.29. The molecule has 0 bridgehead atoms. The molecule has 0 aliphatic carbocycles. The molecule has 2 rings (SSSR count). The Balaban J connectivity index is 1.91. The lowest BCUT2D eigenvalue weighted by atomic mass is 10.2. The third-order valence-corrected chi connectivity index (χ3v) is 3.62. The lowest BCUT2D eigenvalue weighted by Gasteiger charge is -2.00. The van der Waals surface area contributed by atoms with E-state index >= 15 is 0 Å². The fraction of sp³-hybridized carbons (Fsp3) is 0.143. The first-order valence-corrected chi connectivity index (χ1v) is 6.80. The van der Waals surface area contributed by atoms with E-state index < -0.39 is 6.03 Å². The van der Waals surface area contributed by atoms with Crippen molar-refractivity contribution in [3.63, 3.8) is 0 Å². The summed E-state index contributed by atoms with van der Waals surface area (Å²) in [5, 5.41) is 5.66. The van der Waals surface area contributed by atoms with Crippen LogP contribution in [0.15, 0.2) is 30.5 Å². The maximum absolute atomic E-state index is 13.3. The van der Waals surface area contributed by atoms with Crippen molar-refractivity contribution in [3.05, 3.63) is 52.4 Å². The highest BCUT2D eigenvalue weighted by atomic mass is 32.1. The van der Waals surface area contributed by atoms with Crippen molar-refractivity contribution in [2.45, 2.75) is 13.8 Å². The molecule has 1 aromatic carbocycles. The second-order valence-electron chi connectivity index (χ2n) is 4.11. The zero-order valence-corrected chi connectivity index (χ0v) is 11.9. The summed E-state index contributed by atoms with van der Waals surface area (Å²) < 4.78 is 13.3. The number of thiazole rings is 1. The molecule has 2 N–H and O–H groups in total. The van der Waals surface area contributed by atoms with Gasteiger partial charge in [-0.1, -0.05) is 18.2 Å². The number of aromatic nitrogens is 1. The number of amides is 2. The molecule has 20 heavy (non-hydrogen) atoms. The Kier molecular flexibility index (Phi) is 4.47. The van der Waals surface area contributed by atoms with Gasteiger partial charge in [-0.3, -0.25) is 5.32 Å². The molecular weight excluding hydrogens is 277 g/mol. The number of halogens is 1. The van der Waals surface area contributed by atoms with Crippen molar-refractivity contribution in [2.75, 3.05) is 5.32 Å². The molecule has 2 aromatic rings. The van der Waals surface area contributed by atoms with Crippen LogP contribution in [0, 0.1) is 19.7 Å². The minimum Gasteiger partial charge on any atom is -0.314 e. The summed E-state index contributed by atoms with van der Waals surface area (Å²) in [5.74, 6) is -0.336. The average molecular weight is 291 g/mol. The molecule has 6 heteroatoms.